The van der Waals surface area contributed by atoms with E-state index in [1.54, 1.807) is 11.9 Å². The molecule has 94 valence electrons. The molecule has 2 N–H and O–H groups in total. The van der Waals surface area contributed by atoms with Crippen molar-refractivity contribution in [1.29, 1.82) is 0 Å². The van der Waals surface area contributed by atoms with E-state index in [4.69, 9.17) is 5.11 Å². The Hall–Kier alpha value is -1.36. The monoisotopic (exact) mass is 237 g/mol. The molecular formula is C12H19N3O2. The van der Waals surface area contributed by atoms with E-state index in [-0.39, 0.29) is 18.4 Å². The number of imidazole rings is 1. The first-order valence-corrected chi connectivity index (χ1v) is 6.02. The third-order valence-corrected chi connectivity index (χ3v) is 3.32. The number of H-pyrrole nitrogens is 1. The fraction of sp³-hybridized carbons (Fsp3) is 0.667. The highest BCUT2D eigenvalue weighted by atomic mass is 16.3. The number of rotatable bonds is 3. The summed E-state index contributed by atoms with van der Waals surface area (Å²) in [6.45, 7) is 2.36. The van der Waals surface area contributed by atoms with Gasteiger partial charge in [0.05, 0.1) is 12.3 Å². The summed E-state index contributed by atoms with van der Waals surface area (Å²) in [4.78, 5) is 21.3. The maximum absolute atomic E-state index is 12.1. The third-order valence-electron chi connectivity index (χ3n) is 3.32. The first-order valence-electron chi connectivity index (χ1n) is 6.02. The molecule has 0 saturated carbocycles. The van der Waals surface area contributed by atoms with Crippen LogP contribution >= 0.6 is 0 Å². The van der Waals surface area contributed by atoms with Gasteiger partial charge in [0.1, 0.15) is 5.82 Å². The van der Waals surface area contributed by atoms with Crippen LogP contribution in [-0.2, 0) is 17.6 Å². The number of carbonyl (C=O) groups is 1. The number of aryl methyl sites for hydroxylation is 2. The molecule has 1 aliphatic carbocycles. The van der Waals surface area contributed by atoms with E-state index in [0.29, 0.717) is 6.54 Å². The fourth-order valence-corrected chi connectivity index (χ4v) is 2.41. The summed E-state index contributed by atoms with van der Waals surface area (Å²) in [7, 11) is 1.74. The molecule has 5 nitrogen and oxygen atoms in total. The minimum atomic E-state index is 0.0172. The zero-order valence-electron chi connectivity index (χ0n) is 10.4. The van der Waals surface area contributed by atoms with Crippen molar-refractivity contribution in [2.45, 2.75) is 26.2 Å². The highest BCUT2D eigenvalue weighted by molar-refractivity contribution is 5.79. The molecule has 1 unspecified atom stereocenters. The molecule has 0 aromatic carbocycles. The van der Waals surface area contributed by atoms with Crippen LogP contribution < -0.4 is 0 Å². The number of amides is 1. The Morgan fingerprint density at radius 1 is 1.65 bits per heavy atom. The lowest BCUT2D eigenvalue weighted by atomic mass is 9.89. The van der Waals surface area contributed by atoms with Crippen molar-refractivity contribution in [2.75, 3.05) is 20.2 Å². The number of hydrogen-bond donors (Lipinski definition) is 2. The van der Waals surface area contributed by atoms with Crippen molar-refractivity contribution in [1.82, 2.24) is 14.9 Å². The van der Waals surface area contributed by atoms with E-state index < -0.39 is 0 Å². The molecule has 0 bridgehead atoms. The van der Waals surface area contributed by atoms with Gasteiger partial charge in [-0.05, 0) is 19.8 Å². The van der Waals surface area contributed by atoms with Gasteiger partial charge < -0.3 is 15.0 Å². The molecule has 1 aromatic heterocycles. The largest absolute Gasteiger partial charge is 0.395 e. The van der Waals surface area contributed by atoms with Crippen LogP contribution in [0, 0.1) is 12.8 Å². The van der Waals surface area contributed by atoms with Gasteiger partial charge in [0.15, 0.2) is 0 Å². The standard InChI is InChI=1S/C12H19N3O2/c1-8-13-10-4-3-9(7-11(10)14-8)12(17)15(2)5-6-16/h9,16H,3-7H2,1-2H3,(H,13,14). The van der Waals surface area contributed by atoms with E-state index in [2.05, 4.69) is 9.97 Å². The number of aliphatic hydroxyl groups excluding tert-OH is 1. The van der Waals surface area contributed by atoms with Crippen LogP contribution in [-0.4, -0.2) is 46.1 Å². The SMILES string of the molecule is Cc1nc2c([nH]1)CC(C(=O)N(C)CCO)CC2. The Balaban J connectivity index is 2.04. The van der Waals surface area contributed by atoms with Crippen molar-refractivity contribution in [3.05, 3.63) is 17.2 Å². The molecule has 1 atom stereocenters. The molecule has 17 heavy (non-hydrogen) atoms. The molecule has 1 amide bonds. The Labute approximate surface area is 101 Å². The van der Waals surface area contributed by atoms with E-state index >= 15 is 0 Å². The predicted octanol–water partition coefficient (Wildman–Crippen LogP) is 0.274. The average molecular weight is 237 g/mol. The zero-order chi connectivity index (χ0) is 12.4. The van der Waals surface area contributed by atoms with Gasteiger partial charge in [-0.25, -0.2) is 4.98 Å². The van der Waals surface area contributed by atoms with Gasteiger partial charge in [0.25, 0.3) is 0 Å². The van der Waals surface area contributed by atoms with E-state index in [0.717, 1.165) is 36.5 Å². The summed E-state index contributed by atoms with van der Waals surface area (Å²) >= 11 is 0. The van der Waals surface area contributed by atoms with Crippen LogP contribution in [0.5, 0.6) is 0 Å². The Morgan fingerprint density at radius 2 is 2.41 bits per heavy atom. The van der Waals surface area contributed by atoms with Crippen LogP contribution in [0.3, 0.4) is 0 Å². The minimum Gasteiger partial charge on any atom is -0.395 e. The van der Waals surface area contributed by atoms with Gasteiger partial charge in [-0.1, -0.05) is 0 Å². The van der Waals surface area contributed by atoms with E-state index in [1.807, 2.05) is 6.92 Å². The molecule has 0 fully saturated rings. The molecule has 2 rings (SSSR count). The van der Waals surface area contributed by atoms with Crippen molar-refractivity contribution in [2.24, 2.45) is 5.92 Å². The van der Waals surface area contributed by atoms with Gasteiger partial charge in [-0.15, -0.1) is 0 Å². The third kappa shape index (κ3) is 2.49. The molecule has 1 heterocycles. The number of aromatic nitrogens is 2. The summed E-state index contributed by atoms with van der Waals surface area (Å²) in [5.41, 5.74) is 2.21. The second kappa shape index (κ2) is 4.87. The predicted molar refractivity (Wildman–Crippen MR) is 63.6 cm³/mol. The number of nitrogens with one attached hydrogen (secondary N) is 1. The highest BCUT2D eigenvalue weighted by Crippen LogP contribution is 2.25. The van der Waals surface area contributed by atoms with Crippen molar-refractivity contribution < 1.29 is 9.90 Å². The maximum atomic E-state index is 12.1. The summed E-state index contributed by atoms with van der Waals surface area (Å²) < 4.78 is 0. The second-order valence-corrected chi connectivity index (χ2v) is 4.67. The smallest absolute Gasteiger partial charge is 0.225 e. The summed E-state index contributed by atoms with van der Waals surface area (Å²) in [5, 5.41) is 8.83. The average Bonchev–Trinajstić information content (AvgIpc) is 2.67. The normalized spacial score (nSPS) is 18.9. The van der Waals surface area contributed by atoms with E-state index in [1.165, 1.54) is 0 Å². The highest BCUT2D eigenvalue weighted by Gasteiger charge is 2.28. The van der Waals surface area contributed by atoms with Crippen LogP contribution in [0.1, 0.15) is 23.6 Å². The fourth-order valence-electron chi connectivity index (χ4n) is 2.41. The number of carbonyl (C=O) groups excluding carboxylic acids is 1. The maximum Gasteiger partial charge on any atom is 0.225 e. The van der Waals surface area contributed by atoms with Crippen LogP contribution in [0.2, 0.25) is 0 Å². The molecule has 0 radical (unpaired) electrons. The first kappa shape index (κ1) is 12.1. The van der Waals surface area contributed by atoms with Crippen LogP contribution in [0.4, 0.5) is 0 Å². The Morgan fingerprint density at radius 3 is 3.12 bits per heavy atom. The molecule has 1 aliphatic rings. The molecule has 0 aliphatic heterocycles. The number of nitrogens with zero attached hydrogens (tertiary/aromatic N) is 2. The Kier molecular flexibility index (Phi) is 3.47. The number of aromatic amines is 1. The molecule has 1 aromatic rings. The van der Waals surface area contributed by atoms with Gasteiger partial charge in [-0.3, -0.25) is 4.79 Å². The lowest BCUT2D eigenvalue weighted by molar-refractivity contribution is -0.135. The number of hydrogen-bond acceptors (Lipinski definition) is 3. The molecule has 0 saturated heterocycles. The van der Waals surface area contributed by atoms with Crippen molar-refractivity contribution >= 4 is 5.91 Å². The molecular weight excluding hydrogens is 218 g/mol. The van der Waals surface area contributed by atoms with Gasteiger partial charge in [0, 0.05) is 31.6 Å². The minimum absolute atomic E-state index is 0.0172. The van der Waals surface area contributed by atoms with Crippen molar-refractivity contribution in [3.63, 3.8) is 0 Å². The van der Waals surface area contributed by atoms with Gasteiger partial charge >= 0.3 is 0 Å². The first-order chi connectivity index (χ1) is 8.11. The lowest BCUT2D eigenvalue weighted by Gasteiger charge is -2.25. The summed E-state index contributed by atoms with van der Waals surface area (Å²) in [5.74, 6) is 1.07. The van der Waals surface area contributed by atoms with Crippen molar-refractivity contribution in [3.8, 4) is 0 Å². The van der Waals surface area contributed by atoms with E-state index in [9.17, 15) is 4.79 Å². The number of likely N-dealkylation sites (N-methyl/N-ethyl adjacent to an activating group) is 1. The van der Waals surface area contributed by atoms with Crippen LogP contribution in [0.15, 0.2) is 0 Å². The lowest BCUT2D eigenvalue weighted by Crippen LogP contribution is -2.37. The second-order valence-electron chi connectivity index (χ2n) is 4.67. The molecule has 5 heteroatoms. The zero-order valence-corrected chi connectivity index (χ0v) is 10.4. The summed E-state index contributed by atoms with van der Waals surface area (Å²) in [6, 6.07) is 0. The summed E-state index contributed by atoms with van der Waals surface area (Å²) in [6.07, 6.45) is 2.46. The van der Waals surface area contributed by atoms with Gasteiger partial charge in [-0.2, -0.15) is 0 Å². The number of aliphatic hydroxyl groups is 1. The Bertz CT molecular complexity index is 414. The van der Waals surface area contributed by atoms with Gasteiger partial charge in [0.2, 0.25) is 5.91 Å². The van der Waals surface area contributed by atoms with Crippen LogP contribution in [0.25, 0.3) is 0 Å². The topological polar surface area (TPSA) is 69.2 Å². The number of fused-ring (bicyclic) bond motifs is 1. The quantitative estimate of drug-likeness (QED) is 0.793. The molecule has 0 spiro atoms.